The number of aromatic amines is 1. The van der Waals surface area contributed by atoms with Gasteiger partial charge in [-0.15, -0.1) is 0 Å². The zero-order chi connectivity index (χ0) is 20.0. The minimum Gasteiger partial charge on any atom is -0.477 e. The number of carboxylic acids is 1. The molecule has 0 aliphatic heterocycles. The van der Waals surface area contributed by atoms with Gasteiger partial charge in [-0.25, -0.2) is 18.2 Å². The van der Waals surface area contributed by atoms with Gasteiger partial charge in [-0.3, -0.25) is 4.72 Å². The average Bonchev–Trinajstić information content (AvgIpc) is 2.91. The molecule has 2 heterocycles. The second-order valence-corrected chi connectivity index (χ2v) is 9.59. The van der Waals surface area contributed by atoms with E-state index >= 15 is 0 Å². The number of aromatic nitrogens is 2. The lowest BCUT2D eigenvalue weighted by atomic mass is 9.87. The highest BCUT2D eigenvalue weighted by molar-refractivity contribution is 9.10. The summed E-state index contributed by atoms with van der Waals surface area (Å²) in [5, 5.41) is 9.67. The maximum absolute atomic E-state index is 12.6. The topological polar surface area (TPSA) is 112 Å². The van der Waals surface area contributed by atoms with Gasteiger partial charge < -0.3 is 10.1 Å². The fraction of sp³-hybridized carbons (Fsp3) is 0.222. The molecule has 3 N–H and O–H groups in total. The van der Waals surface area contributed by atoms with Crippen LogP contribution in [-0.2, 0) is 15.4 Å². The van der Waals surface area contributed by atoms with Crippen LogP contribution in [0.1, 0.15) is 36.8 Å². The fourth-order valence-electron chi connectivity index (χ4n) is 2.59. The van der Waals surface area contributed by atoms with Crippen molar-refractivity contribution in [2.75, 3.05) is 4.72 Å². The molecule has 0 radical (unpaired) electrons. The number of hydrogen-bond donors (Lipinski definition) is 3. The first-order valence-electron chi connectivity index (χ1n) is 8.03. The lowest BCUT2D eigenvalue weighted by Gasteiger charge is -2.19. The number of sulfonamides is 1. The Labute approximate surface area is 165 Å². The first kappa shape index (κ1) is 19.4. The number of carboxylic acid groups (broad SMARTS) is 1. The van der Waals surface area contributed by atoms with Crippen LogP contribution in [0.4, 0.5) is 5.82 Å². The predicted octanol–water partition coefficient (Wildman–Crippen LogP) is 4.12. The molecule has 1 aromatic carbocycles. The second-order valence-electron chi connectivity index (χ2n) is 7.11. The molecule has 7 nitrogen and oxygen atoms in total. The van der Waals surface area contributed by atoms with Crippen molar-refractivity contribution < 1.29 is 18.3 Å². The third-order valence-electron chi connectivity index (χ3n) is 4.10. The normalized spacial score (nSPS) is 12.3. The molecule has 2 aromatic heterocycles. The number of fused-ring (bicyclic) bond motifs is 1. The van der Waals surface area contributed by atoms with Crippen LogP contribution in [0.3, 0.4) is 0 Å². The van der Waals surface area contributed by atoms with Crippen LogP contribution in [0.5, 0.6) is 0 Å². The number of H-pyrrole nitrogens is 1. The van der Waals surface area contributed by atoms with E-state index in [1.807, 2.05) is 20.8 Å². The number of carbonyl (C=O) groups is 1. The molecule has 0 unspecified atom stereocenters. The third-order valence-corrected chi connectivity index (χ3v) is 6.30. The van der Waals surface area contributed by atoms with E-state index in [0.29, 0.717) is 15.4 Å². The lowest BCUT2D eigenvalue weighted by molar-refractivity contribution is 0.0690. The van der Waals surface area contributed by atoms with Crippen molar-refractivity contribution in [1.82, 2.24) is 9.97 Å². The Morgan fingerprint density at radius 1 is 1.22 bits per heavy atom. The van der Waals surface area contributed by atoms with Crippen molar-refractivity contribution in [3.8, 4) is 0 Å². The van der Waals surface area contributed by atoms with Gasteiger partial charge in [0.1, 0.15) is 11.5 Å². The Balaban J connectivity index is 1.93. The summed E-state index contributed by atoms with van der Waals surface area (Å²) in [6.45, 7) is 6.15. The molecule has 142 valence electrons. The average molecular weight is 452 g/mol. The summed E-state index contributed by atoms with van der Waals surface area (Å²) in [5.41, 5.74) is 1.41. The van der Waals surface area contributed by atoms with Gasteiger partial charge in [0.25, 0.3) is 10.0 Å². The Hall–Kier alpha value is -2.39. The number of halogens is 1. The molecule has 0 bridgehead atoms. The van der Waals surface area contributed by atoms with Crippen molar-refractivity contribution in [2.24, 2.45) is 0 Å². The number of benzene rings is 1. The highest BCUT2D eigenvalue weighted by Crippen LogP contribution is 2.30. The first-order chi connectivity index (χ1) is 12.5. The van der Waals surface area contributed by atoms with Crippen LogP contribution >= 0.6 is 15.9 Å². The van der Waals surface area contributed by atoms with Crippen molar-refractivity contribution in [3.63, 3.8) is 0 Å². The van der Waals surface area contributed by atoms with E-state index in [0.717, 1.165) is 5.56 Å². The van der Waals surface area contributed by atoms with Crippen LogP contribution in [-0.4, -0.2) is 29.5 Å². The van der Waals surface area contributed by atoms with Crippen LogP contribution in [0.25, 0.3) is 10.9 Å². The van der Waals surface area contributed by atoms with Crippen LogP contribution < -0.4 is 4.72 Å². The number of rotatable bonds is 4. The molecule has 0 aliphatic rings. The van der Waals surface area contributed by atoms with E-state index in [1.165, 1.54) is 12.3 Å². The number of nitrogens with one attached hydrogen (secondary N) is 2. The van der Waals surface area contributed by atoms with Crippen LogP contribution in [0.15, 0.2) is 45.9 Å². The fourth-order valence-corrected chi connectivity index (χ4v) is 4.19. The molecule has 0 aliphatic carbocycles. The summed E-state index contributed by atoms with van der Waals surface area (Å²) >= 11 is 3.22. The second kappa shape index (κ2) is 6.65. The molecule has 0 saturated carbocycles. The van der Waals surface area contributed by atoms with Crippen molar-refractivity contribution in [2.45, 2.75) is 31.1 Å². The maximum atomic E-state index is 12.6. The number of anilines is 1. The van der Waals surface area contributed by atoms with E-state index < -0.39 is 16.0 Å². The molecule has 0 atom stereocenters. The Morgan fingerprint density at radius 3 is 2.41 bits per heavy atom. The third kappa shape index (κ3) is 3.84. The quantitative estimate of drug-likeness (QED) is 0.551. The molecule has 27 heavy (non-hydrogen) atoms. The zero-order valence-electron chi connectivity index (χ0n) is 14.9. The van der Waals surface area contributed by atoms with Crippen molar-refractivity contribution >= 4 is 48.6 Å². The molecule has 3 aromatic rings. The van der Waals surface area contributed by atoms with Crippen molar-refractivity contribution in [3.05, 3.63) is 52.3 Å². The highest BCUT2D eigenvalue weighted by atomic mass is 79.9. The van der Waals surface area contributed by atoms with Gasteiger partial charge in [0.05, 0.1) is 21.1 Å². The van der Waals surface area contributed by atoms with E-state index in [-0.39, 0.29) is 21.8 Å². The SMILES string of the molecule is CC(C)(C)c1ccc(S(=O)(=O)Nc2cc3c(Br)c(C(=O)O)[nH]c3cn2)cc1. The van der Waals surface area contributed by atoms with Gasteiger partial charge in [0.15, 0.2) is 0 Å². The van der Waals surface area contributed by atoms with Gasteiger partial charge in [0.2, 0.25) is 0 Å². The van der Waals surface area contributed by atoms with E-state index in [9.17, 15) is 13.2 Å². The molecular formula is C18H18BrN3O4S. The van der Waals surface area contributed by atoms with E-state index in [1.54, 1.807) is 24.3 Å². The summed E-state index contributed by atoms with van der Waals surface area (Å²) in [6.07, 6.45) is 1.38. The molecule has 3 rings (SSSR count). The Kier molecular flexibility index (Phi) is 4.77. The molecule has 9 heteroatoms. The van der Waals surface area contributed by atoms with Crippen LogP contribution in [0.2, 0.25) is 0 Å². The first-order valence-corrected chi connectivity index (χ1v) is 10.3. The standard InChI is InChI=1S/C18H18BrN3O4S/c1-18(2,3)10-4-6-11(7-5-10)27(25,26)22-14-8-12-13(9-20-14)21-16(15(12)19)17(23)24/h4-9,21H,1-3H3,(H,20,22)(H,23,24). The molecule has 0 saturated heterocycles. The molecule has 0 spiro atoms. The van der Waals surface area contributed by atoms with Crippen molar-refractivity contribution in [1.29, 1.82) is 0 Å². The molecule has 0 fully saturated rings. The minimum absolute atomic E-state index is 0.0235. The number of hydrogen-bond acceptors (Lipinski definition) is 4. The van der Waals surface area contributed by atoms with Gasteiger partial charge in [-0.05, 0) is 45.1 Å². The summed E-state index contributed by atoms with van der Waals surface area (Å²) < 4.78 is 28.0. The summed E-state index contributed by atoms with van der Waals surface area (Å²) in [4.78, 5) is 18.1. The zero-order valence-corrected chi connectivity index (χ0v) is 17.3. The highest BCUT2D eigenvalue weighted by Gasteiger charge is 2.20. The Morgan fingerprint density at radius 2 is 1.85 bits per heavy atom. The smallest absolute Gasteiger partial charge is 0.353 e. The minimum atomic E-state index is -3.82. The molecule has 0 amide bonds. The number of pyridine rings is 1. The van der Waals surface area contributed by atoms with Gasteiger partial charge in [-0.1, -0.05) is 32.9 Å². The van der Waals surface area contributed by atoms with Gasteiger partial charge >= 0.3 is 5.97 Å². The van der Waals surface area contributed by atoms with E-state index in [4.69, 9.17) is 5.11 Å². The number of nitrogens with zero attached hydrogens (tertiary/aromatic N) is 1. The van der Waals surface area contributed by atoms with E-state index in [2.05, 4.69) is 30.6 Å². The summed E-state index contributed by atoms with van der Waals surface area (Å²) in [7, 11) is -3.82. The van der Waals surface area contributed by atoms with Gasteiger partial charge in [0, 0.05) is 5.39 Å². The Bertz CT molecular complexity index is 1130. The summed E-state index contributed by atoms with van der Waals surface area (Å²) in [5.74, 6) is -1.03. The molecular weight excluding hydrogens is 434 g/mol. The monoisotopic (exact) mass is 451 g/mol. The maximum Gasteiger partial charge on any atom is 0.353 e. The number of aromatic carboxylic acids is 1. The predicted molar refractivity (Wildman–Crippen MR) is 107 cm³/mol. The van der Waals surface area contributed by atoms with Crippen LogP contribution in [0, 0.1) is 0 Å². The lowest BCUT2D eigenvalue weighted by Crippen LogP contribution is -2.15. The largest absolute Gasteiger partial charge is 0.477 e. The summed E-state index contributed by atoms with van der Waals surface area (Å²) in [6, 6.07) is 8.15. The van der Waals surface area contributed by atoms with Gasteiger partial charge in [-0.2, -0.15) is 0 Å².